The molecular weight excluding hydrogens is 237 g/mol. The molecule has 1 aliphatic rings. The van der Waals surface area contributed by atoms with E-state index in [-0.39, 0.29) is 11.8 Å². The second kappa shape index (κ2) is 4.94. The summed E-state index contributed by atoms with van der Waals surface area (Å²) in [7, 11) is 4.44. The first-order valence-electron chi connectivity index (χ1n) is 5.70. The van der Waals surface area contributed by atoms with Crippen LogP contribution >= 0.6 is 0 Å². The Morgan fingerprint density at radius 3 is 2.39 bits per heavy atom. The molecule has 1 fully saturated rings. The van der Waals surface area contributed by atoms with Crippen molar-refractivity contribution in [2.75, 3.05) is 21.3 Å². The minimum absolute atomic E-state index is 0.328. The van der Waals surface area contributed by atoms with Gasteiger partial charge >= 0.3 is 0 Å². The van der Waals surface area contributed by atoms with Gasteiger partial charge in [-0.05, 0) is 17.7 Å². The van der Waals surface area contributed by atoms with E-state index in [0.717, 1.165) is 10.6 Å². The molecule has 3 atom stereocenters. The van der Waals surface area contributed by atoms with E-state index in [9.17, 15) is 9.18 Å². The molecule has 0 aromatic heterocycles. The van der Waals surface area contributed by atoms with E-state index in [4.69, 9.17) is 9.57 Å². The summed E-state index contributed by atoms with van der Waals surface area (Å²) in [6, 6.07) is 7.11. The van der Waals surface area contributed by atoms with Crippen molar-refractivity contribution in [3.05, 3.63) is 29.8 Å². The highest BCUT2D eigenvalue weighted by molar-refractivity contribution is 5.83. The summed E-state index contributed by atoms with van der Waals surface area (Å²) in [6.45, 7) is 0. The molecule has 4 nitrogen and oxygen atoms in total. The highest BCUT2D eigenvalue weighted by Crippen LogP contribution is 2.51. The maximum absolute atomic E-state index is 13.7. The van der Waals surface area contributed by atoms with Crippen molar-refractivity contribution in [2.24, 2.45) is 5.92 Å². The molecule has 1 aromatic rings. The first-order chi connectivity index (χ1) is 8.60. The monoisotopic (exact) mass is 253 g/mol. The average molecular weight is 253 g/mol. The number of methoxy groups -OCH3 is 1. The Morgan fingerprint density at radius 2 is 1.89 bits per heavy atom. The van der Waals surface area contributed by atoms with Gasteiger partial charge in [0, 0.05) is 13.0 Å². The minimum atomic E-state index is -1.14. The van der Waals surface area contributed by atoms with Crippen LogP contribution in [0.2, 0.25) is 0 Å². The van der Waals surface area contributed by atoms with Crippen LogP contribution in [0.4, 0.5) is 4.39 Å². The smallest absolute Gasteiger partial charge is 0.252 e. The maximum atomic E-state index is 13.7. The van der Waals surface area contributed by atoms with E-state index in [1.54, 1.807) is 31.4 Å². The molecule has 0 aliphatic heterocycles. The van der Waals surface area contributed by atoms with Gasteiger partial charge in [0.25, 0.3) is 5.91 Å². The first kappa shape index (κ1) is 12.8. The fourth-order valence-electron chi connectivity index (χ4n) is 2.08. The summed E-state index contributed by atoms with van der Waals surface area (Å²) >= 11 is 0. The lowest BCUT2D eigenvalue weighted by atomic mass is 10.1. The van der Waals surface area contributed by atoms with Crippen LogP contribution in [0.1, 0.15) is 11.5 Å². The number of hydrogen-bond donors (Lipinski definition) is 0. The van der Waals surface area contributed by atoms with Gasteiger partial charge in [-0.2, -0.15) is 0 Å². The van der Waals surface area contributed by atoms with Crippen LogP contribution in [0, 0.1) is 5.92 Å². The Balaban J connectivity index is 2.09. The van der Waals surface area contributed by atoms with Crippen molar-refractivity contribution < 1.29 is 18.8 Å². The lowest BCUT2D eigenvalue weighted by Crippen LogP contribution is -2.27. The molecule has 0 spiro atoms. The molecule has 18 heavy (non-hydrogen) atoms. The van der Waals surface area contributed by atoms with Crippen molar-refractivity contribution in [2.45, 2.75) is 12.1 Å². The van der Waals surface area contributed by atoms with Gasteiger partial charge in [-0.25, -0.2) is 9.45 Å². The summed E-state index contributed by atoms with van der Waals surface area (Å²) in [5.41, 5.74) is 0.811. The lowest BCUT2D eigenvalue weighted by Gasteiger charge is -2.12. The molecule has 1 aromatic carbocycles. The van der Waals surface area contributed by atoms with Gasteiger partial charge < -0.3 is 4.74 Å². The number of halogens is 1. The zero-order valence-electron chi connectivity index (χ0n) is 10.6. The van der Waals surface area contributed by atoms with E-state index in [0.29, 0.717) is 5.75 Å². The molecular formula is C13H16FNO3. The Kier molecular flexibility index (Phi) is 3.52. The van der Waals surface area contributed by atoms with Crippen LogP contribution in [0.15, 0.2) is 24.3 Å². The number of rotatable bonds is 4. The van der Waals surface area contributed by atoms with E-state index >= 15 is 0 Å². The number of nitrogens with zero attached hydrogens (tertiary/aromatic N) is 1. The molecule has 1 amide bonds. The van der Waals surface area contributed by atoms with Gasteiger partial charge in [0.05, 0.1) is 20.1 Å². The number of carbonyl (C=O) groups is 1. The normalized spacial score (nSPS) is 25.7. The third-order valence-corrected chi connectivity index (χ3v) is 3.30. The standard InChI is InChI=1S/C13H16FNO3/c1-15(18-3)13(16)11-10(12(11)14)8-4-6-9(17-2)7-5-8/h4-7,10-12H,1-3H3/t10-,11?,12+/m1/s1. The van der Waals surface area contributed by atoms with Crippen LogP contribution < -0.4 is 4.74 Å². The van der Waals surface area contributed by atoms with Gasteiger partial charge in [0.15, 0.2) is 0 Å². The highest BCUT2D eigenvalue weighted by atomic mass is 19.1. The van der Waals surface area contributed by atoms with Crippen molar-refractivity contribution in [3.63, 3.8) is 0 Å². The largest absolute Gasteiger partial charge is 0.497 e. The van der Waals surface area contributed by atoms with Crippen molar-refractivity contribution in [3.8, 4) is 5.75 Å². The molecule has 0 radical (unpaired) electrons. The van der Waals surface area contributed by atoms with Gasteiger partial charge in [0.2, 0.25) is 0 Å². The molecule has 1 aliphatic carbocycles. The molecule has 0 N–H and O–H groups in total. The Morgan fingerprint density at radius 1 is 1.28 bits per heavy atom. The number of hydroxylamine groups is 2. The van der Waals surface area contributed by atoms with Crippen molar-refractivity contribution in [1.29, 1.82) is 0 Å². The summed E-state index contributed by atoms with van der Waals surface area (Å²) in [5, 5.41) is 1.07. The molecule has 5 heteroatoms. The molecule has 0 bridgehead atoms. The molecule has 1 saturated carbocycles. The van der Waals surface area contributed by atoms with Crippen molar-refractivity contribution >= 4 is 5.91 Å². The third kappa shape index (κ3) is 2.18. The molecule has 1 unspecified atom stereocenters. The zero-order chi connectivity index (χ0) is 13.3. The van der Waals surface area contributed by atoms with Crippen molar-refractivity contribution in [1.82, 2.24) is 5.06 Å². The highest BCUT2D eigenvalue weighted by Gasteiger charge is 2.57. The molecule has 0 saturated heterocycles. The minimum Gasteiger partial charge on any atom is -0.497 e. The van der Waals surface area contributed by atoms with Gasteiger partial charge in [0.1, 0.15) is 11.9 Å². The SMILES string of the molecule is COc1ccc([C@@H]2C(C(=O)N(C)OC)[C@H]2F)cc1. The fourth-order valence-corrected chi connectivity index (χ4v) is 2.08. The Bertz CT molecular complexity index is 434. The number of hydrogen-bond acceptors (Lipinski definition) is 3. The van der Waals surface area contributed by atoms with Crippen LogP contribution in [0.25, 0.3) is 0 Å². The number of ether oxygens (including phenoxy) is 1. The van der Waals surface area contributed by atoms with E-state index in [2.05, 4.69) is 0 Å². The quantitative estimate of drug-likeness (QED) is 0.768. The third-order valence-electron chi connectivity index (χ3n) is 3.30. The van der Waals surface area contributed by atoms with E-state index in [1.807, 2.05) is 0 Å². The second-order valence-electron chi connectivity index (χ2n) is 4.29. The van der Waals surface area contributed by atoms with E-state index < -0.39 is 12.1 Å². The predicted octanol–water partition coefficient (Wildman–Crippen LogP) is 1.77. The summed E-state index contributed by atoms with van der Waals surface area (Å²) in [4.78, 5) is 16.6. The summed E-state index contributed by atoms with van der Waals surface area (Å²) < 4.78 is 18.8. The Hall–Kier alpha value is -1.62. The van der Waals surface area contributed by atoms with Crippen LogP contribution in [0.3, 0.4) is 0 Å². The predicted molar refractivity (Wildman–Crippen MR) is 63.9 cm³/mol. The van der Waals surface area contributed by atoms with Gasteiger partial charge in [-0.15, -0.1) is 0 Å². The first-order valence-corrected chi connectivity index (χ1v) is 5.70. The Labute approximate surface area is 105 Å². The fraction of sp³-hybridized carbons (Fsp3) is 0.462. The number of alkyl halides is 1. The lowest BCUT2D eigenvalue weighted by molar-refractivity contribution is -0.170. The van der Waals surface area contributed by atoms with Crippen LogP contribution in [0.5, 0.6) is 5.75 Å². The van der Waals surface area contributed by atoms with E-state index in [1.165, 1.54) is 14.2 Å². The molecule has 0 heterocycles. The zero-order valence-corrected chi connectivity index (χ0v) is 10.6. The van der Waals surface area contributed by atoms with Gasteiger partial charge in [-0.1, -0.05) is 12.1 Å². The van der Waals surface area contributed by atoms with Gasteiger partial charge in [-0.3, -0.25) is 9.63 Å². The van der Waals surface area contributed by atoms with Crippen LogP contribution in [-0.4, -0.2) is 38.4 Å². The number of benzene rings is 1. The summed E-state index contributed by atoms with van der Waals surface area (Å²) in [6.07, 6.45) is -1.14. The molecule has 98 valence electrons. The summed E-state index contributed by atoms with van der Waals surface area (Å²) in [5.74, 6) is -0.623. The number of carbonyl (C=O) groups excluding carboxylic acids is 1. The molecule has 2 rings (SSSR count). The topological polar surface area (TPSA) is 38.8 Å². The average Bonchev–Trinajstić information content (AvgIpc) is 3.08. The second-order valence-corrected chi connectivity index (χ2v) is 4.29. The van der Waals surface area contributed by atoms with Crippen LogP contribution in [-0.2, 0) is 9.63 Å². The maximum Gasteiger partial charge on any atom is 0.252 e. The number of amides is 1.